The number of carbonyl (C=O) groups is 1. The van der Waals surface area contributed by atoms with E-state index >= 15 is 0 Å². The Morgan fingerprint density at radius 3 is 1.85 bits per heavy atom. The fourth-order valence-electron chi connectivity index (χ4n) is 8.46. The van der Waals surface area contributed by atoms with Gasteiger partial charge in [0.2, 0.25) is 5.69 Å². The molecule has 3 aromatic rings. The zero-order valence-corrected chi connectivity index (χ0v) is 22.2. The van der Waals surface area contributed by atoms with Crippen LogP contribution in [0.25, 0.3) is 0 Å². The molecule has 8 rings (SSSR count). The first-order valence-corrected chi connectivity index (χ1v) is 14.4. The summed E-state index contributed by atoms with van der Waals surface area (Å²) in [5.74, 6) is 1.75. The Balaban J connectivity index is 1.12. The number of hydrogen-bond donors (Lipinski definition) is 0. The van der Waals surface area contributed by atoms with Crippen LogP contribution in [0.3, 0.4) is 0 Å². The van der Waals surface area contributed by atoms with Gasteiger partial charge in [0, 0.05) is 26.2 Å². The molecule has 202 valence electrons. The number of carbonyl (C=O) groups excluding carboxylic acids is 1. The third-order valence-electron chi connectivity index (χ3n) is 9.78. The van der Waals surface area contributed by atoms with Crippen molar-refractivity contribution in [3.05, 3.63) is 93.8 Å². The lowest BCUT2D eigenvalue weighted by atomic mass is 9.53. The number of rotatable bonds is 6. The van der Waals surface area contributed by atoms with Gasteiger partial charge in [-0.1, -0.05) is 60.7 Å². The summed E-state index contributed by atoms with van der Waals surface area (Å²) < 4.78 is 1.85. The summed E-state index contributed by atoms with van der Waals surface area (Å²) in [6, 6.07) is 21.0. The molecule has 1 aromatic heterocycles. The number of amides is 1. The van der Waals surface area contributed by atoms with Gasteiger partial charge in [-0.2, -0.15) is 5.10 Å². The van der Waals surface area contributed by atoms with Crippen molar-refractivity contribution in [2.24, 2.45) is 17.8 Å². The van der Waals surface area contributed by atoms with Crippen LogP contribution in [-0.2, 0) is 5.54 Å². The molecule has 1 amide bonds. The zero-order valence-electron chi connectivity index (χ0n) is 22.2. The van der Waals surface area contributed by atoms with Gasteiger partial charge in [0.15, 0.2) is 0 Å². The summed E-state index contributed by atoms with van der Waals surface area (Å²) >= 11 is 0. The van der Waals surface area contributed by atoms with Crippen molar-refractivity contribution in [1.82, 2.24) is 19.6 Å². The number of benzene rings is 2. The third kappa shape index (κ3) is 4.35. The van der Waals surface area contributed by atoms with Crippen LogP contribution < -0.4 is 0 Å². The number of hydrogen-bond acceptors (Lipinski definition) is 5. The topological polar surface area (TPSA) is 84.5 Å². The quantitative estimate of drug-likeness (QED) is 0.324. The highest BCUT2D eigenvalue weighted by molar-refractivity contribution is 5.96. The lowest BCUT2D eigenvalue weighted by Crippen LogP contribution is -2.52. The first-order chi connectivity index (χ1) is 19.0. The zero-order chi connectivity index (χ0) is 26.6. The number of piperazine rings is 1. The van der Waals surface area contributed by atoms with Crippen molar-refractivity contribution in [2.75, 3.05) is 26.2 Å². The molecule has 5 fully saturated rings. The lowest BCUT2D eigenvalue weighted by Gasteiger charge is -2.56. The van der Waals surface area contributed by atoms with Crippen LogP contribution in [0.4, 0.5) is 5.69 Å². The Morgan fingerprint density at radius 2 is 1.36 bits per heavy atom. The fraction of sp³-hybridized carbons (Fsp3) is 0.484. The molecule has 0 unspecified atom stereocenters. The second-order valence-corrected chi connectivity index (χ2v) is 12.3. The minimum atomic E-state index is -0.422. The van der Waals surface area contributed by atoms with E-state index in [-0.39, 0.29) is 28.9 Å². The highest BCUT2D eigenvalue weighted by Crippen LogP contribution is 2.58. The van der Waals surface area contributed by atoms with E-state index in [0.29, 0.717) is 43.9 Å². The molecule has 0 spiro atoms. The van der Waals surface area contributed by atoms with Crippen LogP contribution in [0.5, 0.6) is 0 Å². The first-order valence-electron chi connectivity index (χ1n) is 14.4. The van der Waals surface area contributed by atoms with E-state index in [1.807, 2.05) is 16.8 Å². The van der Waals surface area contributed by atoms with Gasteiger partial charge < -0.3 is 4.90 Å². The summed E-state index contributed by atoms with van der Waals surface area (Å²) in [6.07, 6.45) is 8.51. The van der Waals surface area contributed by atoms with E-state index in [1.54, 1.807) is 11.1 Å². The number of nitrogens with zero attached hydrogens (tertiary/aromatic N) is 5. The second kappa shape index (κ2) is 9.59. The molecular formula is C31H35N5O3. The molecule has 1 saturated heterocycles. The van der Waals surface area contributed by atoms with Gasteiger partial charge in [0.1, 0.15) is 6.20 Å². The summed E-state index contributed by atoms with van der Waals surface area (Å²) in [4.78, 5) is 29.5. The molecule has 8 heteroatoms. The van der Waals surface area contributed by atoms with Gasteiger partial charge >= 0.3 is 5.69 Å². The summed E-state index contributed by atoms with van der Waals surface area (Å²) in [5.41, 5.74) is 2.13. The van der Waals surface area contributed by atoms with Crippen molar-refractivity contribution in [1.29, 1.82) is 0 Å². The molecule has 4 bridgehead atoms. The van der Waals surface area contributed by atoms with Crippen LogP contribution in [0.15, 0.2) is 66.9 Å². The SMILES string of the molecule is O=C(c1nn(C23CC4CC(CC(C4)C2)C3)cc1[N+](=O)[O-])N1CCN(C(c2ccccc2)c2ccccc2)CC1. The van der Waals surface area contributed by atoms with Gasteiger partial charge in [-0.05, 0) is 67.4 Å². The monoisotopic (exact) mass is 525 g/mol. The van der Waals surface area contributed by atoms with Gasteiger partial charge in [-0.15, -0.1) is 0 Å². The average Bonchev–Trinajstić information content (AvgIpc) is 3.41. The minimum absolute atomic E-state index is 0.00636. The largest absolute Gasteiger partial charge is 0.334 e. The van der Waals surface area contributed by atoms with E-state index < -0.39 is 4.92 Å². The van der Waals surface area contributed by atoms with Crippen LogP contribution in [-0.4, -0.2) is 56.6 Å². The molecule has 4 aliphatic carbocycles. The number of aromatic nitrogens is 2. The summed E-state index contributed by atoms with van der Waals surface area (Å²) in [7, 11) is 0. The Bertz CT molecular complexity index is 1290. The Kier molecular flexibility index (Phi) is 6.03. The maximum Gasteiger partial charge on any atom is 0.320 e. The lowest BCUT2D eigenvalue weighted by molar-refractivity contribution is -0.385. The Labute approximate surface area is 228 Å². The van der Waals surface area contributed by atoms with Gasteiger partial charge in [0.25, 0.3) is 5.91 Å². The highest BCUT2D eigenvalue weighted by atomic mass is 16.6. The van der Waals surface area contributed by atoms with Crippen molar-refractivity contribution < 1.29 is 9.72 Å². The van der Waals surface area contributed by atoms with Gasteiger partial charge in [-0.25, -0.2) is 0 Å². The Hall–Kier alpha value is -3.52. The molecule has 4 saturated carbocycles. The molecule has 0 radical (unpaired) electrons. The average molecular weight is 526 g/mol. The molecule has 0 N–H and O–H groups in total. The predicted octanol–water partition coefficient (Wildman–Crippen LogP) is 5.26. The molecule has 2 heterocycles. The maximum atomic E-state index is 13.7. The van der Waals surface area contributed by atoms with Crippen LogP contribution in [0, 0.1) is 27.9 Å². The van der Waals surface area contributed by atoms with Crippen LogP contribution in [0.1, 0.15) is 66.2 Å². The molecule has 39 heavy (non-hydrogen) atoms. The first kappa shape index (κ1) is 24.5. The fourth-order valence-corrected chi connectivity index (χ4v) is 8.46. The Morgan fingerprint density at radius 1 is 0.846 bits per heavy atom. The molecule has 8 nitrogen and oxygen atoms in total. The molecule has 2 aromatic carbocycles. The van der Waals surface area contributed by atoms with Crippen molar-refractivity contribution in [3.8, 4) is 0 Å². The van der Waals surface area contributed by atoms with E-state index in [0.717, 1.165) is 19.3 Å². The van der Waals surface area contributed by atoms with Crippen molar-refractivity contribution in [3.63, 3.8) is 0 Å². The summed E-state index contributed by atoms with van der Waals surface area (Å²) in [6.45, 7) is 2.39. The standard InChI is InChI=1S/C31H35N5O3/c37-30(28-27(36(38)39)21-35(32-28)31-18-22-15-23(19-31)17-24(16-22)20-31)34-13-11-33(12-14-34)29(25-7-3-1-4-8-25)26-9-5-2-6-10-26/h1-10,21-24,29H,11-20H2. The second-order valence-electron chi connectivity index (χ2n) is 12.3. The van der Waals surface area contributed by atoms with E-state index in [2.05, 4.69) is 53.4 Å². The van der Waals surface area contributed by atoms with Gasteiger partial charge in [0.05, 0.1) is 16.5 Å². The van der Waals surface area contributed by atoms with Crippen molar-refractivity contribution in [2.45, 2.75) is 50.1 Å². The predicted molar refractivity (Wildman–Crippen MR) is 147 cm³/mol. The van der Waals surface area contributed by atoms with Crippen molar-refractivity contribution >= 4 is 11.6 Å². The van der Waals surface area contributed by atoms with E-state index in [9.17, 15) is 14.9 Å². The van der Waals surface area contributed by atoms with E-state index in [1.165, 1.54) is 30.4 Å². The van der Waals surface area contributed by atoms with Crippen LogP contribution in [0.2, 0.25) is 0 Å². The summed E-state index contributed by atoms with van der Waals surface area (Å²) in [5, 5.41) is 16.8. The molecule has 0 atom stereocenters. The molecule has 5 aliphatic rings. The number of nitro groups is 1. The van der Waals surface area contributed by atoms with Crippen LogP contribution >= 0.6 is 0 Å². The minimum Gasteiger partial charge on any atom is -0.334 e. The highest BCUT2D eigenvalue weighted by Gasteiger charge is 2.53. The molecular weight excluding hydrogens is 490 g/mol. The molecule has 1 aliphatic heterocycles. The van der Waals surface area contributed by atoms with Gasteiger partial charge in [-0.3, -0.25) is 24.5 Å². The van der Waals surface area contributed by atoms with E-state index in [4.69, 9.17) is 5.10 Å². The third-order valence-corrected chi connectivity index (χ3v) is 9.78. The maximum absolute atomic E-state index is 13.7. The smallest absolute Gasteiger partial charge is 0.320 e. The normalized spacial score (nSPS) is 28.2.